The van der Waals surface area contributed by atoms with E-state index in [1.807, 2.05) is 0 Å². The zero-order valence-electron chi connectivity index (χ0n) is 15.0. The van der Waals surface area contributed by atoms with Gasteiger partial charge in [-0.25, -0.2) is 13.6 Å². The number of rotatable bonds is 7. The standard InChI is InChI=1S/C18H29N3O3S/c1-13-4-3-5-17(14(13)2)21-18(22)12-20-11-10-15-6-8-16(9-7-15)25(19,23)24/h6-9,13-14,17,20H,3-5,10-12H2,1-2H3,(H,21,22)(H2,19,23,24)/t13-,14+,17-/m1/s1. The molecule has 0 aromatic heterocycles. The second-order valence-corrected chi connectivity index (χ2v) is 8.62. The van der Waals surface area contributed by atoms with Gasteiger partial charge in [-0.1, -0.05) is 38.8 Å². The van der Waals surface area contributed by atoms with Crippen LogP contribution >= 0.6 is 0 Å². The minimum atomic E-state index is -3.65. The van der Waals surface area contributed by atoms with Gasteiger partial charge in [0.1, 0.15) is 0 Å². The zero-order valence-corrected chi connectivity index (χ0v) is 15.8. The van der Waals surface area contributed by atoms with Gasteiger partial charge in [-0.3, -0.25) is 4.79 Å². The summed E-state index contributed by atoms with van der Waals surface area (Å²) in [6, 6.07) is 6.77. The molecule has 7 heteroatoms. The van der Waals surface area contributed by atoms with E-state index in [4.69, 9.17) is 5.14 Å². The van der Waals surface area contributed by atoms with Gasteiger partial charge in [0, 0.05) is 6.04 Å². The van der Waals surface area contributed by atoms with Crippen LogP contribution < -0.4 is 15.8 Å². The highest BCUT2D eigenvalue weighted by Crippen LogP contribution is 2.29. The molecule has 1 aliphatic rings. The van der Waals surface area contributed by atoms with E-state index in [-0.39, 0.29) is 16.8 Å². The highest BCUT2D eigenvalue weighted by molar-refractivity contribution is 7.89. The van der Waals surface area contributed by atoms with Gasteiger partial charge in [-0.2, -0.15) is 0 Å². The Morgan fingerprint density at radius 1 is 1.20 bits per heavy atom. The van der Waals surface area contributed by atoms with Crippen LogP contribution in [0.25, 0.3) is 0 Å². The molecule has 4 N–H and O–H groups in total. The van der Waals surface area contributed by atoms with Crippen molar-refractivity contribution in [3.63, 3.8) is 0 Å². The summed E-state index contributed by atoms with van der Waals surface area (Å²) in [6.45, 7) is 5.42. The molecule has 0 heterocycles. The largest absolute Gasteiger partial charge is 0.352 e. The van der Waals surface area contributed by atoms with E-state index in [0.29, 0.717) is 24.9 Å². The molecule has 1 amide bonds. The molecule has 0 bridgehead atoms. The molecule has 3 atom stereocenters. The fraction of sp³-hybridized carbons (Fsp3) is 0.611. The number of benzene rings is 1. The van der Waals surface area contributed by atoms with Gasteiger partial charge in [0.05, 0.1) is 11.4 Å². The van der Waals surface area contributed by atoms with Crippen LogP contribution in [0.2, 0.25) is 0 Å². The van der Waals surface area contributed by atoms with Crippen molar-refractivity contribution in [1.29, 1.82) is 0 Å². The Hall–Kier alpha value is -1.44. The summed E-state index contributed by atoms with van der Waals surface area (Å²) in [5.41, 5.74) is 0.995. The Balaban J connectivity index is 1.69. The maximum Gasteiger partial charge on any atom is 0.238 e. The van der Waals surface area contributed by atoms with Gasteiger partial charge >= 0.3 is 0 Å². The Labute approximate surface area is 150 Å². The van der Waals surface area contributed by atoms with Crippen LogP contribution in [0.4, 0.5) is 0 Å². The fourth-order valence-corrected chi connectivity index (χ4v) is 3.84. The molecule has 1 fully saturated rings. The number of sulfonamides is 1. The van der Waals surface area contributed by atoms with Gasteiger partial charge in [-0.05, 0) is 48.9 Å². The van der Waals surface area contributed by atoms with Crippen molar-refractivity contribution < 1.29 is 13.2 Å². The van der Waals surface area contributed by atoms with Crippen LogP contribution in [-0.4, -0.2) is 33.5 Å². The maximum atomic E-state index is 12.1. The van der Waals surface area contributed by atoms with Gasteiger partial charge < -0.3 is 10.6 Å². The number of primary sulfonamides is 1. The second kappa shape index (κ2) is 8.78. The summed E-state index contributed by atoms with van der Waals surface area (Å²) in [4.78, 5) is 12.2. The maximum absolute atomic E-state index is 12.1. The predicted octanol–water partition coefficient (Wildman–Crippen LogP) is 1.41. The molecule has 2 rings (SSSR count). The molecule has 1 aromatic rings. The van der Waals surface area contributed by atoms with Crippen molar-refractivity contribution in [1.82, 2.24) is 10.6 Å². The lowest BCUT2D eigenvalue weighted by Gasteiger charge is -2.34. The van der Waals surface area contributed by atoms with Crippen molar-refractivity contribution in [2.45, 2.75) is 50.5 Å². The van der Waals surface area contributed by atoms with E-state index in [9.17, 15) is 13.2 Å². The van der Waals surface area contributed by atoms with Crippen molar-refractivity contribution >= 4 is 15.9 Å². The second-order valence-electron chi connectivity index (χ2n) is 7.06. The number of hydrogen-bond acceptors (Lipinski definition) is 4. The molecule has 140 valence electrons. The third kappa shape index (κ3) is 6.09. The van der Waals surface area contributed by atoms with Crippen molar-refractivity contribution in [3.8, 4) is 0 Å². The van der Waals surface area contributed by atoms with E-state index >= 15 is 0 Å². The minimum Gasteiger partial charge on any atom is -0.352 e. The quantitative estimate of drug-likeness (QED) is 0.634. The lowest BCUT2D eigenvalue weighted by Crippen LogP contribution is -2.46. The van der Waals surface area contributed by atoms with Crippen LogP contribution in [0.15, 0.2) is 29.2 Å². The third-order valence-electron chi connectivity index (χ3n) is 5.18. The van der Waals surface area contributed by atoms with Crippen molar-refractivity contribution in [2.75, 3.05) is 13.1 Å². The van der Waals surface area contributed by atoms with E-state index in [1.165, 1.54) is 25.0 Å². The molecule has 0 aliphatic heterocycles. The summed E-state index contributed by atoms with van der Waals surface area (Å²) in [5.74, 6) is 1.22. The lowest BCUT2D eigenvalue weighted by molar-refractivity contribution is -0.121. The van der Waals surface area contributed by atoms with E-state index < -0.39 is 10.0 Å². The topological polar surface area (TPSA) is 101 Å². The lowest BCUT2D eigenvalue weighted by atomic mass is 9.78. The summed E-state index contributed by atoms with van der Waals surface area (Å²) >= 11 is 0. The van der Waals surface area contributed by atoms with E-state index in [0.717, 1.165) is 18.4 Å². The minimum absolute atomic E-state index is 0.0375. The van der Waals surface area contributed by atoms with Crippen LogP contribution in [0.1, 0.15) is 38.7 Å². The van der Waals surface area contributed by atoms with Crippen LogP contribution in [0, 0.1) is 11.8 Å². The summed E-state index contributed by atoms with van der Waals surface area (Å²) < 4.78 is 22.4. The number of carbonyl (C=O) groups excluding carboxylic acids is 1. The van der Waals surface area contributed by atoms with Gasteiger partial charge in [-0.15, -0.1) is 0 Å². The van der Waals surface area contributed by atoms with Crippen molar-refractivity contribution in [3.05, 3.63) is 29.8 Å². The monoisotopic (exact) mass is 367 g/mol. The Kier molecular flexibility index (Phi) is 6.98. The highest BCUT2D eigenvalue weighted by atomic mass is 32.2. The SMILES string of the molecule is C[C@H]1[C@H](C)CCC[C@H]1NC(=O)CNCCc1ccc(S(N)(=O)=O)cc1. The molecule has 1 saturated carbocycles. The molecular formula is C18H29N3O3S. The van der Waals surface area contributed by atoms with Crippen LogP contribution in [-0.2, 0) is 21.2 Å². The zero-order chi connectivity index (χ0) is 18.4. The summed E-state index contributed by atoms with van der Waals surface area (Å²) in [5, 5.41) is 11.4. The number of carbonyl (C=O) groups is 1. The Morgan fingerprint density at radius 2 is 1.88 bits per heavy atom. The highest BCUT2D eigenvalue weighted by Gasteiger charge is 2.27. The van der Waals surface area contributed by atoms with Gasteiger partial charge in [0.2, 0.25) is 15.9 Å². The molecule has 0 saturated heterocycles. The number of nitrogens with one attached hydrogen (secondary N) is 2. The molecular weight excluding hydrogens is 338 g/mol. The first-order chi connectivity index (χ1) is 11.8. The molecule has 0 unspecified atom stereocenters. The van der Waals surface area contributed by atoms with Crippen LogP contribution in [0.3, 0.4) is 0 Å². The van der Waals surface area contributed by atoms with Crippen LogP contribution in [0.5, 0.6) is 0 Å². The first-order valence-electron chi connectivity index (χ1n) is 8.89. The number of amides is 1. The van der Waals surface area contributed by atoms with E-state index in [1.54, 1.807) is 12.1 Å². The predicted molar refractivity (Wildman–Crippen MR) is 98.5 cm³/mol. The Morgan fingerprint density at radius 3 is 2.52 bits per heavy atom. The molecule has 6 nitrogen and oxygen atoms in total. The average Bonchev–Trinajstić information content (AvgIpc) is 2.55. The first-order valence-corrected chi connectivity index (χ1v) is 10.4. The summed E-state index contributed by atoms with van der Waals surface area (Å²) in [6.07, 6.45) is 4.21. The molecule has 25 heavy (non-hydrogen) atoms. The first kappa shape index (κ1) is 19.9. The molecule has 0 radical (unpaired) electrons. The average molecular weight is 368 g/mol. The van der Waals surface area contributed by atoms with Crippen molar-refractivity contribution in [2.24, 2.45) is 17.0 Å². The molecule has 0 spiro atoms. The number of nitrogens with two attached hydrogens (primary N) is 1. The third-order valence-corrected chi connectivity index (χ3v) is 6.11. The molecule has 1 aliphatic carbocycles. The van der Waals surface area contributed by atoms with E-state index in [2.05, 4.69) is 24.5 Å². The molecule has 1 aromatic carbocycles. The smallest absolute Gasteiger partial charge is 0.238 e. The fourth-order valence-electron chi connectivity index (χ4n) is 3.32. The Bertz CT molecular complexity index is 673. The number of hydrogen-bond donors (Lipinski definition) is 3. The van der Waals surface area contributed by atoms with Gasteiger partial charge in [0.15, 0.2) is 0 Å². The van der Waals surface area contributed by atoms with Gasteiger partial charge in [0.25, 0.3) is 0 Å². The summed E-state index contributed by atoms with van der Waals surface area (Å²) in [7, 11) is -3.65. The normalized spacial score (nSPS) is 24.0.